The van der Waals surface area contributed by atoms with E-state index in [-0.39, 0.29) is 5.91 Å². The quantitative estimate of drug-likeness (QED) is 0.890. The van der Waals surface area contributed by atoms with Crippen molar-refractivity contribution in [3.05, 3.63) is 52.6 Å². The van der Waals surface area contributed by atoms with Gasteiger partial charge in [-0.15, -0.1) is 0 Å². The molecular formula is C16H18BrN3O. The van der Waals surface area contributed by atoms with E-state index in [1.807, 2.05) is 44.2 Å². The zero-order valence-electron chi connectivity index (χ0n) is 12.1. The van der Waals surface area contributed by atoms with Crippen molar-refractivity contribution in [1.29, 1.82) is 0 Å². The molecule has 0 radical (unpaired) electrons. The van der Waals surface area contributed by atoms with Gasteiger partial charge in [-0.2, -0.15) is 0 Å². The summed E-state index contributed by atoms with van der Waals surface area (Å²) in [6.07, 6.45) is 1.69. The van der Waals surface area contributed by atoms with Crippen LogP contribution in [0.5, 0.6) is 0 Å². The third kappa shape index (κ3) is 3.61. The number of anilines is 2. The molecule has 1 N–H and O–H groups in total. The molecule has 21 heavy (non-hydrogen) atoms. The molecular weight excluding hydrogens is 330 g/mol. The van der Waals surface area contributed by atoms with Gasteiger partial charge in [0.25, 0.3) is 5.91 Å². The van der Waals surface area contributed by atoms with E-state index in [2.05, 4.69) is 26.2 Å². The highest BCUT2D eigenvalue weighted by Gasteiger charge is 2.20. The second-order valence-electron chi connectivity index (χ2n) is 4.46. The third-order valence-electron chi connectivity index (χ3n) is 3.06. The summed E-state index contributed by atoms with van der Waals surface area (Å²) >= 11 is 3.38. The molecule has 1 heterocycles. The van der Waals surface area contributed by atoms with E-state index in [9.17, 15) is 4.79 Å². The Hall–Kier alpha value is -1.88. The van der Waals surface area contributed by atoms with E-state index >= 15 is 0 Å². The van der Waals surface area contributed by atoms with E-state index in [0.717, 1.165) is 10.2 Å². The summed E-state index contributed by atoms with van der Waals surface area (Å²) in [5, 5.41) is 3.14. The first-order chi connectivity index (χ1) is 10.2. The molecule has 110 valence electrons. The Kier molecular flexibility index (Phi) is 5.33. The number of aromatic nitrogens is 1. The molecule has 0 saturated carbocycles. The summed E-state index contributed by atoms with van der Waals surface area (Å²) in [5.41, 5.74) is 1.45. The molecule has 1 amide bonds. The van der Waals surface area contributed by atoms with Crippen LogP contribution in [0.2, 0.25) is 0 Å². The van der Waals surface area contributed by atoms with Gasteiger partial charge in [-0.3, -0.25) is 4.79 Å². The average Bonchev–Trinajstić information content (AvgIpc) is 2.51. The van der Waals surface area contributed by atoms with Crippen molar-refractivity contribution in [2.75, 3.05) is 23.3 Å². The Morgan fingerprint density at radius 1 is 1.29 bits per heavy atom. The van der Waals surface area contributed by atoms with Gasteiger partial charge in [0.2, 0.25) is 0 Å². The zero-order valence-corrected chi connectivity index (χ0v) is 13.7. The Morgan fingerprint density at radius 2 is 2.00 bits per heavy atom. The molecule has 0 spiro atoms. The van der Waals surface area contributed by atoms with Gasteiger partial charge in [-0.25, -0.2) is 4.98 Å². The smallest absolute Gasteiger partial charge is 0.262 e. The van der Waals surface area contributed by atoms with Crippen LogP contribution >= 0.6 is 15.9 Å². The number of carbonyl (C=O) groups excluding carboxylic acids is 1. The topological polar surface area (TPSA) is 45.2 Å². The van der Waals surface area contributed by atoms with Gasteiger partial charge >= 0.3 is 0 Å². The summed E-state index contributed by atoms with van der Waals surface area (Å²) in [4.78, 5) is 18.9. The molecule has 1 aromatic carbocycles. The van der Waals surface area contributed by atoms with Crippen LogP contribution in [0.15, 0.2) is 47.1 Å². The summed E-state index contributed by atoms with van der Waals surface area (Å²) < 4.78 is 0.789. The predicted octanol–water partition coefficient (Wildman–Crippen LogP) is 3.94. The normalized spacial score (nSPS) is 10.2. The highest BCUT2D eigenvalue weighted by molar-refractivity contribution is 9.10. The second-order valence-corrected chi connectivity index (χ2v) is 5.38. The number of amides is 1. The maximum atomic E-state index is 12.8. The number of halogens is 1. The molecule has 0 atom stereocenters. The first kappa shape index (κ1) is 15.5. The fourth-order valence-electron chi connectivity index (χ4n) is 2.11. The Labute approximate surface area is 133 Å². The summed E-state index contributed by atoms with van der Waals surface area (Å²) in [5.74, 6) is 0.550. The molecule has 0 fully saturated rings. The number of carbonyl (C=O) groups is 1. The van der Waals surface area contributed by atoms with E-state index in [1.165, 1.54) is 0 Å². The van der Waals surface area contributed by atoms with Crippen LogP contribution in [0.4, 0.5) is 11.5 Å². The lowest BCUT2D eigenvalue weighted by Gasteiger charge is -2.22. The molecule has 0 aliphatic heterocycles. The minimum Gasteiger partial charge on any atom is -0.370 e. The summed E-state index contributed by atoms with van der Waals surface area (Å²) in [6, 6.07) is 11.5. The lowest BCUT2D eigenvalue weighted by atomic mass is 10.2. The van der Waals surface area contributed by atoms with Crippen LogP contribution in [-0.2, 0) is 0 Å². The van der Waals surface area contributed by atoms with Gasteiger partial charge in [0, 0.05) is 29.4 Å². The second kappa shape index (κ2) is 7.22. The van der Waals surface area contributed by atoms with E-state index in [1.54, 1.807) is 17.2 Å². The largest absolute Gasteiger partial charge is 0.370 e. The van der Waals surface area contributed by atoms with Crippen molar-refractivity contribution in [3.63, 3.8) is 0 Å². The maximum absolute atomic E-state index is 12.8. The van der Waals surface area contributed by atoms with Crippen LogP contribution in [0.3, 0.4) is 0 Å². The minimum absolute atomic E-state index is 0.0616. The Morgan fingerprint density at radius 3 is 2.62 bits per heavy atom. The van der Waals surface area contributed by atoms with Gasteiger partial charge in [-0.1, -0.05) is 18.2 Å². The highest BCUT2D eigenvalue weighted by Crippen LogP contribution is 2.23. The monoisotopic (exact) mass is 347 g/mol. The number of pyridine rings is 1. The Bertz CT molecular complexity index is 616. The van der Waals surface area contributed by atoms with Gasteiger partial charge in [0.15, 0.2) is 0 Å². The van der Waals surface area contributed by atoms with Crippen molar-refractivity contribution in [2.24, 2.45) is 0 Å². The van der Waals surface area contributed by atoms with E-state index in [4.69, 9.17) is 0 Å². The van der Waals surface area contributed by atoms with Crippen molar-refractivity contribution in [2.45, 2.75) is 13.8 Å². The van der Waals surface area contributed by atoms with Crippen molar-refractivity contribution < 1.29 is 4.79 Å². The molecule has 1 aromatic heterocycles. The molecule has 0 bridgehead atoms. The number of hydrogen-bond donors (Lipinski definition) is 1. The fourth-order valence-corrected chi connectivity index (χ4v) is 2.44. The summed E-state index contributed by atoms with van der Waals surface area (Å²) in [6.45, 7) is 5.25. The number of para-hydroxylation sites is 1. The molecule has 2 aromatic rings. The van der Waals surface area contributed by atoms with Crippen molar-refractivity contribution >= 4 is 33.3 Å². The zero-order chi connectivity index (χ0) is 15.2. The minimum atomic E-state index is -0.0616. The van der Waals surface area contributed by atoms with Crippen molar-refractivity contribution in [1.82, 2.24) is 4.98 Å². The molecule has 2 rings (SSSR count). The van der Waals surface area contributed by atoms with Crippen LogP contribution in [-0.4, -0.2) is 24.0 Å². The Balaban J connectivity index is 2.40. The number of nitrogens with one attached hydrogen (secondary N) is 1. The number of rotatable bonds is 5. The molecule has 0 saturated heterocycles. The van der Waals surface area contributed by atoms with Gasteiger partial charge < -0.3 is 10.2 Å². The fraction of sp³-hybridized carbons (Fsp3) is 0.250. The maximum Gasteiger partial charge on any atom is 0.262 e. The van der Waals surface area contributed by atoms with Crippen molar-refractivity contribution in [3.8, 4) is 0 Å². The lowest BCUT2D eigenvalue weighted by Crippen LogP contribution is -2.31. The molecule has 4 nitrogen and oxygen atoms in total. The van der Waals surface area contributed by atoms with Crippen LogP contribution in [0.1, 0.15) is 24.2 Å². The predicted molar refractivity (Wildman–Crippen MR) is 89.9 cm³/mol. The van der Waals surface area contributed by atoms with E-state index < -0.39 is 0 Å². The van der Waals surface area contributed by atoms with Gasteiger partial charge in [0.05, 0.1) is 5.56 Å². The average molecular weight is 348 g/mol. The molecule has 0 unspecified atom stereocenters. The van der Waals surface area contributed by atoms with Crippen LogP contribution in [0.25, 0.3) is 0 Å². The van der Waals surface area contributed by atoms with Crippen LogP contribution in [0, 0.1) is 0 Å². The molecule has 0 aliphatic carbocycles. The van der Waals surface area contributed by atoms with E-state index in [0.29, 0.717) is 24.5 Å². The number of benzene rings is 1. The van der Waals surface area contributed by atoms with Gasteiger partial charge in [0.1, 0.15) is 5.82 Å². The highest BCUT2D eigenvalue weighted by atomic mass is 79.9. The third-order valence-corrected chi connectivity index (χ3v) is 3.49. The standard InChI is InChI=1S/C16H18BrN3O/c1-3-18-15-14(10-12(17)11-19-15)16(21)20(4-2)13-8-6-5-7-9-13/h5-11H,3-4H2,1-2H3,(H,18,19). The SMILES string of the molecule is CCNc1ncc(Br)cc1C(=O)N(CC)c1ccccc1. The molecule has 0 aliphatic rings. The van der Waals surface area contributed by atoms with Gasteiger partial charge in [-0.05, 0) is 48.0 Å². The first-order valence-corrected chi connectivity index (χ1v) is 7.73. The lowest BCUT2D eigenvalue weighted by molar-refractivity contribution is 0.0988. The first-order valence-electron chi connectivity index (χ1n) is 6.93. The van der Waals surface area contributed by atoms with Crippen LogP contribution < -0.4 is 10.2 Å². The number of nitrogens with zero attached hydrogens (tertiary/aromatic N) is 2. The number of hydrogen-bond acceptors (Lipinski definition) is 3. The molecule has 5 heteroatoms. The summed E-state index contributed by atoms with van der Waals surface area (Å²) in [7, 11) is 0.